The summed E-state index contributed by atoms with van der Waals surface area (Å²) in [6, 6.07) is 19.0. The first-order valence-electron chi connectivity index (χ1n) is 10.7. The van der Waals surface area contributed by atoms with Crippen LogP contribution in [0.3, 0.4) is 0 Å². The summed E-state index contributed by atoms with van der Waals surface area (Å²) in [6.45, 7) is 1.34. The van der Waals surface area contributed by atoms with Gasteiger partial charge in [0.1, 0.15) is 17.5 Å². The highest BCUT2D eigenvalue weighted by Gasteiger charge is 2.32. The number of nitrogens with one attached hydrogen (secondary N) is 1. The lowest BCUT2D eigenvalue weighted by Gasteiger charge is -2.39. The second kappa shape index (κ2) is 10.0. The molecule has 1 heterocycles. The summed E-state index contributed by atoms with van der Waals surface area (Å²) in [4.78, 5) is 15.0. The molecule has 2 atom stereocenters. The standard InChI is InChI=1S/C26H25F3N2O/c27-22-9-4-18(5-10-22)16-31-17-21(8-13-25(31)20-6-11-23(28)12-7-20)26(32)30-15-19-2-1-3-24(29)14-19/h1-7,9-12,14,21,25H,8,13,15-17H2,(H,30,32). The van der Waals surface area contributed by atoms with Crippen molar-refractivity contribution in [2.24, 2.45) is 5.92 Å². The van der Waals surface area contributed by atoms with Crippen LogP contribution < -0.4 is 5.32 Å². The van der Waals surface area contributed by atoms with Gasteiger partial charge in [-0.2, -0.15) is 0 Å². The van der Waals surface area contributed by atoms with Crippen molar-refractivity contribution in [3.63, 3.8) is 0 Å². The summed E-state index contributed by atoms with van der Waals surface area (Å²) < 4.78 is 40.2. The van der Waals surface area contributed by atoms with Crippen LogP contribution in [-0.2, 0) is 17.9 Å². The zero-order chi connectivity index (χ0) is 22.5. The minimum atomic E-state index is -0.331. The maximum absolute atomic E-state index is 13.4. The van der Waals surface area contributed by atoms with Gasteiger partial charge < -0.3 is 5.32 Å². The average Bonchev–Trinajstić information content (AvgIpc) is 2.80. The monoisotopic (exact) mass is 438 g/mol. The van der Waals surface area contributed by atoms with Crippen molar-refractivity contribution in [3.8, 4) is 0 Å². The second-order valence-electron chi connectivity index (χ2n) is 8.25. The van der Waals surface area contributed by atoms with E-state index < -0.39 is 0 Å². The highest BCUT2D eigenvalue weighted by molar-refractivity contribution is 5.79. The van der Waals surface area contributed by atoms with Crippen molar-refractivity contribution < 1.29 is 18.0 Å². The van der Waals surface area contributed by atoms with E-state index in [-0.39, 0.29) is 41.9 Å². The number of carbonyl (C=O) groups is 1. The maximum Gasteiger partial charge on any atom is 0.224 e. The lowest BCUT2D eigenvalue weighted by Crippen LogP contribution is -2.44. The first kappa shape index (κ1) is 22.1. The molecule has 1 saturated heterocycles. The molecule has 2 unspecified atom stereocenters. The quantitative estimate of drug-likeness (QED) is 0.561. The van der Waals surface area contributed by atoms with Crippen LogP contribution in [0.5, 0.6) is 0 Å². The summed E-state index contributed by atoms with van der Waals surface area (Å²) in [7, 11) is 0. The summed E-state index contributed by atoms with van der Waals surface area (Å²) in [5.74, 6) is -1.21. The first-order chi connectivity index (χ1) is 15.5. The predicted molar refractivity (Wildman–Crippen MR) is 117 cm³/mol. The molecule has 3 aromatic carbocycles. The van der Waals surface area contributed by atoms with Gasteiger partial charge in [-0.15, -0.1) is 0 Å². The third-order valence-electron chi connectivity index (χ3n) is 5.96. The Morgan fingerprint density at radius 1 is 0.844 bits per heavy atom. The lowest BCUT2D eigenvalue weighted by atomic mass is 9.88. The van der Waals surface area contributed by atoms with E-state index in [4.69, 9.17) is 0 Å². The van der Waals surface area contributed by atoms with E-state index in [1.807, 2.05) is 0 Å². The number of hydrogen-bond donors (Lipinski definition) is 1. The Morgan fingerprint density at radius 3 is 2.22 bits per heavy atom. The Morgan fingerprint density at radius 2 is 1.53 bits per heavy atom. The molecule has 0 bridgehead atoms. The van der Waals surface area contributed by atoms with Crippen LogP contribution in [0.25, 0.3) is 0 Å². The first-order valence-corrected chi connectivity index (χ1v) is 10.7. The summed E-state index contributed by atoms with van der Waals surface area (Å²) >= 11 is 0. The van der Waals surface area contributed by atoms with Crippen LogP contribution in [0, 0.1) is 23.4 Å². The van der Waals surface area contributed by atoms with Gasteiger partial charge in [-0.25, -0.2) is 13.2 Å². The molecule has 0 aliphatic carbocycles. The number of likely N-dealkylation sites (tertiary alicyclic amines) is 1. The van der Waals surface area contributed by atoms with Crippen molar-refractivity contribution in [2.75, 3.05) is 6.54 Å². The molecule has 1 aliphatic heterocycles. The number of rotatable bonds is 6. The molecule has 0 saturated carbocycles. The zero-order valence-corrected chi connectivity index (χ0v) is 17.6. The Kier molecular flexibility index (Phi) is 6.90. The normalized spacial score (nSPS) is 19.0. The SMILES string of the molecule is O=C(NCc1cccc(F)c1)C1CCC(c2ccc(F)cc2)N(Cc2ccc(F)cc2)C1. The summed E-state index contributed by atoms with van der Waals surface area (Å²) in [5.41, 5.74) is 2.65. The lowest BCUT2D eigenvalue weighted by molar-refractivity contribution is -0.127. The molecule has 0 spiro atoms. The average molecular weight is 438 g/mol. The van der Waals surface area contributed by atoms with Gasteiger partial charge in [0.15, 0.2) is 0 Å². The number of hydrogen-bond acceptors (Lipinski definition) is 2. The van der Waals surface area contributed by atoms with Gasteiger partial charge in [0.25, 0.3) is 0 Å². The molecular weight excluding hydrogens is 413 g/mol. The molecule has 32 heavy (non-hydrogen) atoms. The minimum Gasteiger partial charge on any atom is -0.352 e. The van der Waals surface area contributed by atoms with E-state index in [9.17, 15) is 18.0 Å². The number of halogens is 3. The van der Waals surface area contributed by atoms with Crippen LogP contribution in [0.1, 0.15) is 35.6 Å². The van der Waals surface area contributed by atoms with Gasteiger partial charge in [0.2, 0.25) is 5.91 Å². The van der Waals surface area contributed by atoms with Gasteiger partial charge >= 0.3 is 0 Å². The van der Waals surface area contributed by atoms with Gasteiger partial charge in [-0.1, -0.05) is 36.4 Å². The Bertz CT molecular complexity index is 1050. The smallest absolute Gasteiger partial charge is 0.224 e. The van der Waals surface area contributed by atoms with Crippen LogP contribution in [0.4, 0.5) is 13.2 Å². The Hall–Kier alpha value is -3.12. The summed E-state index contributed by atoms with van der Waals surface area (Å²) in [6.07, 6.45) is 1.43. The molecule has 0 radical (unpaired) electrons. The number of carbonyl (C=O) groups excluding carboxylic acids is 1. The Balaban J connectivity index is 1.47. The molecule has 1 aliphatic rings. The molecule has 6 heteroatoms. The van der Waals surface area contributed by atoms with E-state index in [0.717, 1.165) is 17.5 Å². The molecule has 1 fully saturated rings. The van der Waals surface area contributed by atoms with E-state index in [1.54, 1.807) is 36.4 Å². The van der Waals surface area contributed by atoms with Crippen LogP contribution in [0.2, 0.25) is 0 Å². The van der Waals surface area contributed by atoms with E-state index in [1.165, 1.54) is 36.4 Å². The predicted octanol–water partition coefficient (Wildman–Crippen LogP) is 5.37. The highest BCUT2D eigenvalue weighted by atomic mass is 19.1. The molecule has 166 valence electrons. The molecule has 0 aromatic heterocycles. The van der Waals surface area contributed by atoms with Crippen molar-refractivity contribution >= 4 is 5.91 Å². The van der Waals surface area contributed by atoms with Gasteiger partial charge in [-0.05, 0) is 65.9 Å². The number of nitrogens with zero attached hydrogens (tertiary/aromatic N) is 1. The maximum atomic E-state index is 13.4. The van der Waals surface area contributed by atoms with Gasteiger partial charge in [0.05, 0.1) is 5.92 Å². The minimum absolute atomic E-state index is 0.0351. The molecule has 1 amide bonds. The fourth-order valence-corrected chi connectivity index (χ4v) is 4.30. The van der Waals surface area contributed by atoms with E-state index in [0.29, 0.717) is 25.1 Å². The van der Waals surface area contributed by atoms with E-state index in [2.05, 4.69) is 10.2 Å². The highest BCUT2D eigenvalue weighted by Crippen LogP contribution is 2.35. The number of benzene rings is 3. The van der Waals surface area contributed by atoms with Gasteiger partial charge in [0, 0.05) is 25.7 Å². The molecule has 3 nitrogen and oxygen atoms in total. The Labute approximate surface area is 185 Å². The molecule has 4 rings (SSSR count). The number of piperidine rings is 1. The van der Waals surface area contributed by atoms with Crippen LogP contribution >= 0.6 is 0 Å². The molecule has 3 aromatic rings. The van der Waals surface area contributed by atoms with Crippen molar-refractivity contribution in [2.45, 2.75) is 32.0 Å². The van der Waals surface area contributed by atoms with Crippen molar-refractivity contribution in [1.29, 1.82) is 0 Å². The fourth-order valence-electron chi connectivity index (χ4n) is 4.30. The van der Waals surface area contributed by atoms with Crippen LogP contribution in [0.15, 0.2) is 72.8 Å². The van der Waals surface area contributed by atoms with Crippen molar-refractivity contribution in [3.05, 3.63) is 107 Å². The van der Waals surface area contributed by atoms with E-state index >= 15 is 0 Å². The van der Waals surface area contributed by atoms with Crippen LogP contribution in [-0.4, -0.2) is 17.4 Å². The van der Waals surface area contributed by atoms with Crippen molar-refractivity contribution in [1.82, 2.24) is 10.2 Å². The third-order valence-corrected chi connectivity index (χ3v) is 5.96. The largest absolute Gasteiger partial charge is 0.352 e. The third kappa shape index (κ3) is 5.56. The fraction of sp³-hybridized carbons (Fsp3) is 0.269. The summed E-state index contributed by atoms with van der Waals surface area (Å²) in [5, 5.41) is 2.92. The molecular formula is C26H25F3N2O. The molecule has 1 N–H and O–H groups in total. The number of amides is 1. The second-order valence-corrected chi connectivity index (χ2v) is 8.25. The topological polar surface area (TPSA) is 32.3 Å². The zero-order valence-electron chi connectivity index (χ0n) is 17.6. The van der Waals surface area contributed by atoms with Gasteiger partial charge in [-0.3, -0.25) is 9.69 Å².